The molecule has 1 heterocycles. The van der Waals surface area contributed by atoms with Gasteiger partial charge in [0.05, 0.1) is 6.54 Å². The number of anilines is 1. The van der Waals surface area contributed by atoms with Gasteiger partial charge in [-0.25, -0.2) is 9.97 Å². The molecule has 1 aromatic rings. The normalized spacial score (nSPS) is 26.8. The summed E-state index contributed by atoms with van der Waals surface area (Å²) >= 11 is 0. The molecule has 3 aliphatic carbocycles. The average molecular weight is 316 g/mol. The highest BCUT2D eigenvalue weighted by atomic mass is 16.4. The van der Waals surface area contributed by atoms with Crippen molar-refractivity contribution in [2.24, 2.45) is 5.92 Å². The van der Waals surface area contributed by atoms with Crippen molar-refractivity contribution in [1.82, 2.24) is 14.9 Å². The van der Waals surface area contributed by atoms with Gasteiger partial charge in [-0.2, -0.15) is 0 Å². The van der Waals surface area contributed by atoms with E-state index in [-0.39, 0.29) is 6.54 Å². The van der Waals surface area contributed by atoms with Crippen molar-refractivity contribution >= 4 is 11.8 Å². The number of carboxylic acid groups (broad SMARTS) is 1. The fraction of sp³-hybridized carbons (Fsp3) is 0.706. The van der Waals surface area contributed by atoms with Crippen LogP contribution in [0.2, 0.25) is 0 Å². The zero-order valence-corrected chi connectivity index (χ0v) is 13.3. The van der Waals surface area contributed by atoms with E-state index >= 15 is 0 Å². The summed E-state index contributed by atoms with van der Waals surface area (Å²) in [7, 11) is 0. The molecule has 0 spiro atoms. The van der Waals surface area contributed by atoms with Gasteiger partial charge in [0.1, 0.15) is 11.6 Å². The fourth-order valence-electron chi connectivity index (χ4n) is 3.35. The first-order valence-corrected chi connectivity index (χ1v) is 8.72. The third-order valence-corrected chi connectivity index (χ3v) is 5.13. The highest BCUT2D eigenvalue weighted by Crippen LogP contribution is 2.38. The number of carboxylic acids is 1. The van der Waals surface area contributed by atoms with Gasteiger partial charge in [0.15, 0.2) is 0 Å². The monoisotopic (exact) mass is 316 g/mol. The van der Waals surface area contributed by atoms with E-state index in [4.69, 9.17) is 5.11 Å². The molecule has 4 rings (SSSR count). The van der Waals surface area contributed by atoms with Gasteiger partial charge in [-0.3, -0.25) is 9.69 Å². The first-order valence-electron chi connectivity index (χ1n) is 8.72. The summed E-state index contributed by atoms with van der Waals surface area (Å²) in [6.45, 7) is 1.12. The Morgan fingerprint density at radius 2 is 2.09 bits per heavy atom. The van der Waals surface area contributed by atoms with Gasteiger partial charge in [0.2, 0.25) is 0 Å². The van der Waals surface area contributed by atoms with E-state index in [2.05, 4.69) is 20.2 Å². The van der Waals surface area contributed by atoms with E-state index in [0.29, 0.717) is 18.0 Å². The molecule has 0 bridgehead atoms. The lowest BCUT2D eigenvalue weighted by Gasteiger charge is -2.43. The van der Waals surface area contributed by atoms with Crippen molar-refractivity contribution in [3.63, 3.8) is 0 Å². The Hall–Kier alpha value is -1.69. The minimum Gasteiger partial charge on any atom is -0.480 e. The Labute approximate surface area is 136 Å². The van der Waals surface area contributed by atoms with Crippen LogP contribution in [0.25, 0.3) is 0 Å². The number of aliphatic carboxylic acids is 1. The number of rotatable bonds is 8. The first kappa shape index (κ1) is 14.9. The standard InChI is InChI=1S/C17H24N4O2/c22-16(23)10-21(9-11-1-2-11)14-7-13(8-14)19-15-5-6-18-17(20-15)12-3-4-12/h5-6,11-14H,1-4,7-10H2,(H,22,23)(H,18,19,20). The van der Waals surface area contributed by atoms with Gasteiger partial charge >= 0.3 is 5.97 Å². The van der Waals surface area contributed by atoms with Gasteiger partial charge in [0, 0.05) is 30.7 Å². The molecule has 124 valence electrons. The summed E-state index contributed by atoms with van der Waals surface area (Å²) in [4.78, 5) is 22.2. The van der Waals surface area contributed by atoms with Gasteiger partial charge < -0.3 is 10.4 Å². The van der Waals surface area contributed by atoms with Crippen molar-refractivity contribution in [2.45, 2.75) is 56.5 Å². The van der Waals surface area contributed by atoms with E-state index < -0.39 is 5.97 Å². The lowest BCUT2D eigenvalue weighted by atomic mass is 9.85. The molecular weight excluding hydrogens is 292 g/mol. The molecule has 6 nitrogen and oxygen atoms in total. The largest absolute Gasteiger partial charge is 0.480 e. The molecule has 3 fully saturated rings. The van der Waals surface area contributed by atoms with Crippen molar-refractivity contribution in [1.29, 1.82) is 0 Å². The smallest absolute Gasteiger partial charge is 0.317 e. The fourth-order valence-corrected chi connectivity index (χ4v) is 3.35. The van der Waals surface area contributed by atoms with Crippen LogP contribution in [0.5, 0.6) is 0 Å². The van der Waals surface area contributed by atoms with E-state index in [1.54, 1.807) is 0 Å². The van der Waals surface area contributed by atoms with E-state index in [0.717, 1.165) is 36.9 Å². The zero-order chi connectivity index (χ0) is 15.8. The quantitative estimate of drug-likeness (QED) is 0.764. The Kier molecular flexibility index (Phi) is 3.93. The van der Waals surface area contributed by atoms with Crippen LogP contribution in [0.3, 0.4) is 0 Å². The van der Waals surface area contributed by atoms with Crippen LogP contribution in [-0.2, 0) is 4.79 Å². The summed E-state index contributed by atoms with van der Waals surface area (Å²) in [5, 5.41) is 12.6. The minimum atomic E-state index is -0.716. The van der Waals surface area contributed by atoms with Crippen LogP contribution < -0.4 is 5.32 Å². The Bertz CT molecular complexity index is 580. The van der Waals surface area contributed by atoms with Crippen LogP contribution in [0.1, 0.15) is 50.3 Å². The van der Waals surface area contributed by atoms with Crippen LogP contribution in [0, 0.1) is 5.92 Å². The highest BCUT2D eigenvalue weighted by Gasteiger charge is 2.37. The maximum atomic E-state index is 11.1. The second kappa shape index (κ2) is 6.07. The van der Waals surface area contributed by atoms with Gasteiger partial charge in [-0.15, -0.1) is 0 Å². The molecule has 0 unspecified atom stereocenters. The number of hydrogen-bond donors (Lipinski definition) is 2. The molecule has 3 saturated carbocycles. The van der Waals surface area contributed by atoms with Crippen LogP contribution in [0.15, 0.2) is 12.3 Å². The average Bonchev–Trinajstić information content (AvgIpc) is 3.34. The SMILES string of the molecule is O=C(O)CN(CC1CC1)C1CC(Nc2ccnc(C3CC3)n2)C1. The second-order valence-corrected chi connectivity index (χ2v) is 7.31. The van der Waals surface area contributed by atoms with Crippen LogP contribution >= 0.6 is 0 Å². The predicted octanol–water partition coefficient (Wildman–Crippen LogP) is 2.09. The number of nitrogens with zero attached hydrogens (tertiary/aromatic N) is 3. The third-order valence-electron chi connectivity index (χ3n) is 5.13. The van der Waals surface area contributed by atoms with E-state index in [1.165, 1.54) is 25.7 Å². The molecule has 0 aliphatic heterocycles. The van der Waals surface area contributed by atoms with Gasteiger partial charge in [-0.05, 0) is 50.5 Å². The van der Waals surface area contributed by atoms with Crippen LogP contribution in [0.4, 0.5) is 5.82 Å². The molecule has 0 atom stereocenters. The van der Waals surface area contributed by atoms with E-state index in [1.807, 2.05) is 12.3 Å². The maximum absolute atomic E-state index is 11.1. The van der Waals surface area contributed by atoms with Crippen LogP contribution in [-0.4, -0.2) is 51.1 Å². The molecule has 6 heteroatoms. The number of carbonyl (C=O) groups is 1. The van der Waals surface area contributed by atoms with Crippen molar-refractivity contribution in [3.05, 3.63) is 18.1 Å². The van der Waals surface area contributed by atoms with Gasteiger partial charge in [0.25, 0.3) is 0 Å². The number of hydrogen-bond acceptors (Lipinski definition) is 5. The summed E-state index contributed by atoms with van der Waals surface area (Å²) in [6.07, 6.45) is 8.78. The second-order valence-electron chi connectivity index (χ2n) is 7.31. The molecule has 0 radical (unpaired) electrons. The Balaban J connectivity index is 1.29. The molecule has 23 heavy (non-hydrogen) atoms. The lowest BCUT2D eigenvalue weighted by Crippen LogP contribution is -2.52. The molecule has 3 aliphatic rings. The van der Waals surface area contributed by atoms with Crippen molar-refractivity contribution in [2.75, 3.05) is 18.4 Å². The van der Waals surface area contributed by atoms with Crippen molar-refractivity contribution < 1.29 is 9.90 Å². The maximum Gasteiger partial charge on any atom is 0.317 e. The Morgan fingerprint density at radius 3 is 2.74 bits per heavy atom. The molecule has 0 aromatic carbocycles. The Morgan fingerprint density at radius 1 is 1.30 bits per heavy atom. The molecule has 2 N–H and O–H groups in total. The lowest BCUT2D eigenvalue weighted by molar-refractivity contribution is -0.139. The minimum absolute atomic E-state index is 0.174. The van der Waals surface area contributed by atoms with Gasteiger partial charge in [-0.1, -0.05) is 0 Å². The third kappa shape index (κ3) is 3.80. The molecule has 0 amide bonds. The topological polar surface area (TPSA) is 78.4 Å². The molecule has 0 saturated heterocycles. The first-order chi connectivity index (χ1) is 11.2. The molecular formula is C17H24N4O2. The number of nitrogens with one attached hydrogen (secondary N) is 1. The summed E-state index contributed by atoms with van der Waals surface area (Å²) < 4.78 is 0. The highest BCUT2D eigenvalue weighted by molar-refractivity contribution is 5.69. The van der Waals surface area contributed by atoms with Crippen molar-refractivity contribution in [3.8, 4) is 0 Å². The summed E-state index contributed by atoms with van der Waals surface area (Å²) in [6, 6.07) is 2.73. The number of aromatic nitrogens is 2. The van der Waals surface area contributed by atoms with E-state index in [9.17, 15) is 4.79 Å². The summed E-state index contributed by atoms with van der Waals surface area (Å²) in [5.41, 5.74) is 0. The zero-order valence-electron chi connectivity index (χ0n) is 13.3. The molecule has 1 aromatic heterocycles. The summed E-state index contributed by atoms with van der Waals surface area (Å²) in [5.74, 6) is 2.45. The predicted molar refractivity (Wildman–Crippen MR) is 86.4 cm³/mol.